The van der Waals surface area contributed by atoms with Crippen LogP contribution in [0.15, 0.2) is 84.1 Å². The Morgan fingerprint density at radius 1 is 1.00 bits per heavy atom. The highest BCUT2D eigenvalue weighted by Gasteiger charge is 2.40. The lowest BCUT2D eigenvalue weighted by molar-refractivity contribution is -0.117. The smallest absolute Gasteiger partial charge is 0.224 e. The zero-order valence-corrected chi connectivity index (χ0v) is 19.0. The topological polar surface area (TPSA) is 58.6 Å². The largest absolute Gasteiger partial charge is 0.497 e. The van der Waals surface area contributed by atoms with Crippen molar-refractivity contribution in [3.8, 4) is 5.75 Å². The molecule has 0 unspecified atom stereocenters. The van der Waals surface area contributed by atoms with E-state index in [0.717, 1.165) is 22.7 Å². The van der Waals surface area contributed by atoms with Crippen LogP contribution < -0.4 is 15.0 Å². The average molecular weight is 457 g/mol. The number of carbonyl (C=O) groups excluding carboxylic acids is 2. The predicted octanol–water partition coefficient (Wildman–Crippen LogP) is 5.75. The number of hydrogen-bond acceptors (Lipinski definition) is 4. The zero-order valence-electron chi connectivity index (χ0n) is 19.0. The van der Waals surface area contributed by atoms with Gasteiger partial charge in [-0.2, -0.15) is 0 Å². The minimum Gasteiger partial charge on any atom is -0.497 e. The number of nitrogens with zero attached hydrogens (tertiary/aromatic N) is 1. The number of hydrogen-bond donors (Lipinski definition) is 1. The van der Waals surface area contributed by atoms with Crippen LogP contribution in [0.3, 0.4) is 0 Å². The number of carbonyl (C=O) groups is 2. The molecule has 0 aromatic heterocycles. The molecule has 0 fully saturated rings. The van der Waals surface area contributed by atoms with E-state index in [-0.39, 0.29) is 17.6 Å². The summed E-state index contributed by atoms with van der Waals surface area (Å²) in [6.45, 7) is 1.47. The van der Waals surface area contributed by atoms with Crippen LogP contribution >= 0.6 is 0 Å². The van der Waals surface area contributed by atoms with Crippen molar-refractivity contribution in [2.45, 2.75) is 31.7 Å². The molecule has 0 saturated carbocycles. The van der Waals surface area contributed by atoms with Gasteiger partial charge in [-0.1, -0.05) is 36.4 Å². The van der Waals surface area contributed by atoms with Gasteiger partial charge in [0.2, 0.25) is 5.91 Å². The molecule has 0 spiro atoms. The first kappa shape index (κ1) is 21.9. The number of halogens is 1. The van der Waals surface area contributed by atoms with Gasteiger partial charge in [0.05, 0.1) is 24.5 Å². The Bertz CT molecular complexity index is 1300. The van der Waals surface area contributed by atoms with E-state index < -0.39 is 11.9 Å². The Morgan fingerprint density at radius 2 is 1.76 bits per heavy atom. The van der Waals surface area contributed by atoms with Gasteiger partial charge < -0.3 is 10.1 Å². The quantitative estimate of drug-likeness (QED) is 0.545. The summed E-state index contributed by atoms with van der Waals surface area (Å²) >= 11 is 0. The van der Waals surface area contributed by atoms with Gasteiger partial charge in [-0.25, -0.2) is 4.39 Å². The van der Waals surface area contributed by atoms with Gasteiger partial charge in [-0.3, -0.25) is 14.5 Å². The molecular formula is C28H25FN2O3. The molecule has 3 aromatic carbocycles. The fourth-order valence-electron chi connectivity index (χ4n) is 5.04. The Balaban J connectivity index is 1.67. The van der Waals surface area contributed by atoms with Crippen molar-refractivity contribution in [1.29, 1.82) is 0 Å². The molecule has 1 aliphatic heterocycles. The van der Waals surface area contributed by atoms with E-state index in [9.17, 15) is 14.0 Å². The van der Waals surface area contributed by atoms with Crippen LogP contribution in [-0.4, -0.2) is 18.8 Å². The molecule has 2 aliphatic rings. The van der Waals surface area contributed by atoms with Crippen molar-refractivity contribution in [3.05, 3.63) is 101 Å². The molecule has 34 heavy (non-hydrogen) atoms. The number of rotatable bonds is 3. The Morgan fingerprint density at radius 3 is 2.47 bits per heavy atom. The number of methoxy groups -OCH3 is 1. The monoisotopic (exact) mass is 456 g/mol. The Kier molecular flexibility index (Phi) is 5.65. The standard InChI is InChI=1S/C28H25FN2O3/c1-17(32)31-25-9-4-3-8-23(25)30-24-15-20(18-10-12-22(34-2)13-11-18)16-26(33)27(24)28(31)19-6-5-7-21(29)14-19/h3-14,20,28,30H,15-16H2,1-2H3/t20-,28+/m1/s1. The second-order valence-corrected chi connectivity index (χ2v) is 8.68. The molecule has 6 heteroatoms. The first-order valence-corrected chi connectivity index (χ1v) is 11.3. The van der Waals surface area contributed by atoms with Crippen molar-refractivity contribution in [3.63, 3.8) is 0 Å². The van der Waals surface area contributed by atoms with E-state index in [0.29, 0.717) is 29.7 Å². The highest BCUT2D eigenvalue weighted by molar-refractivity contribution is 6.06. The number of nitrogens with one attached hydrogen (secondary N) is 1. The molecular weight excluding hydrogens is 431 g/mol. The summed E-state index contributed by atoms with van der Waals surface area (Å²) in [5.41, 5.74) is 4.30. The second-order valence-electron chi connectivity index (χ2n) is 8.68. The van der Waals surface area contributed by atoms with Crippen molar-refractivity contribution in [1.82, 2.24) is 0 Å². The third-order valence-corrected chi connectivity index (χ3v) is 6.58. The third-order valence-electron chi connectivity index (χ3n) is 6.58. The number of amides is 1. The maximum Gasteiger partial charge on any atom is 0.224 e. The predicted molar refractivity (Wildman–Crippen MR) is 129 cm³/mol. The second kappa shape index (κ2) is 8.78. The van der Waals surface area contributed by atoms with E-state index >= 15 is 0 Å². The van der Waals surface area contributed by atoms with Crippen LogP contribution in [0, 0.1) is 5.82 Å². The number of fused-ring (bicyclic) bond motifs is 1. The van der Waals surface area contributed by atoms with Crippen molar-refractivity contribution in [2.24, 2.45) is 0 Å². The number of para-hydroxylation sites is 2. The van der Waals surface area contributed by atoms with Gasteiger partial charge in [-0.15, -0.1) is 0 Å². The highest BCUT2D eigenvalue weighted by atomic mass is 19.1. The summed E-state index contributed by atoms with van der Waals surface area (Å²) in [6, 6.07) is 20.7. The molecule has 5 nitrogen and oxygen atoms in total. The molecule has 1 heterocycles. The number of anilines is 2. The van der Waals surface area contributed by atoms with Gasteiger partial charge in [-0.05, 0) is 59.9 Å². The summed E-state index contributed by atoms with van der Waals surface area (Å²) < 4.78 is 19.6. The Labute approximate surface area is 197 Å². The summed E-state index contributed by atoms with van der Waals surface area (Å²) in [7, 11) is 1.62. The van der Waals surface area contributed by atoms with E-state index in [1.54, 1.807) is 24.1 Å². The van der Waals surface area contributed by atoms with Crippen molar-refractivity contribution >= 4 is 23.1 Å². The molecule has 0 bridgehead atoms. The van der Waals surface area contributed by atoms with E-state index in [2.05, 4.69) is 5.32 Å². The maximum absolute atomic E-state index is 14.3. The van der Waals surface area contributed by atoms with E-state index in [1.165, 1.54) is 19.1 Å². The molecule has 1 N–H and O–H groups in total. The average Bonchev–Trinajstić information content (AvgIpc) is 2.98. The van der Waals surface area contributed by atoms with Gasteiger partial charge in [0.1, 0.15) is 11.6 Å². The minimum absolute atomic E-state index is 0.0196. The maximum atomic E-state index is 14.3. The summed E-state index contributed by atoms with van der Waals surface area (Å²) in [6.07, 6.45) is 0.903. The first-order valence-electron chi connectivity index (χ1n) is 11.3. The molecule has 0 radical (unpaired) electrons. The lowest BCUT2D eigenvalue weighted by Gasteiger charge is -2.34. The first-order chi connectivity index (χ1) is 16.5. The minimum atomic E-state index is -0.719. The number of ketones is 1. The fraction of sp³-hybridized carbons (Fsp3) is 0.214. The molecule has 3 aromatic rings. The van der Waals surface area contributed by atoms with Crippen LogP contribution in [-0.2, 0) is 9.59 Å². The summed E-state index contributed by atoms with van der Waals surface area (Å²) in [5, 5.41) is 3.46. The fourth-order valence-corrected chi connectivity index (χ4v) is 5.04. The van der Waals surface area contributed by atoms with Crippen LogP contribution in [0.4, 0.5) is 15.8 Å². The molecule has 1 aliphatic carbocycles. The number of Topliss-reactive ketones (excluding diaryl/α,β-unsaturated/α-hetero) is 1. The van der Waals surface area contributed by atoms with E-state index in [1.807, 2.05) is 48.5 Å². The lowest BCUT2D eigenvalue weighted by atomic mass is 9.78. The highest BCUT2D eigenvalue weighted by Crippen LogP contribution is 2.47. The summed E-state index contributed by atoms with van der Waals surface area (Å²) in [4.78, 5) is 28.3. The molecule has 1 amide bonds. The number of allylic oxidation sites excluding steroid dienone is 1. The van der Waals surface area contributed by atoms with Gasteiger partial charge >= 0.3 is 0 Å². The van der Waals surface area contributed by atoms with Crippen LogP contribution in [0.25, 0.3) is 0 Å². The van der Waals surface area contributed by atoms with Gasteiger partial charge in [0.15, 0.2) is 5.78 Å². The molecule has 5 rings (SSSR count). The van der Waals surface area contributed by atoms with E-state index in [4.69, 9.17) is 4.74 Å². The normalized spacial score (nSPS) is 19.6. The summed E-state index contributed by atoms with van der Waals surface area (Å²) in [5.74, 6) is 0.0580. The lowest BCUT2D eigenvalue weighted by Crippen LogP contribution is -2.37. The number of ether oxygens (including phenoxy) is 1. The van der Waals surface area contributed by atoms with Gasteiger partial charge in [0, 0.05) is 24.6 Å². The van der Waals surface area contributed by atoms with Crippen molar-refractivity contribution in [2.75, 3.05) is 17.3 Å². The SMILES string of the molecule is COc1ccc([C@H]2CC(=O)C3=C(C2)Nc2ccccc2N(C(C)=O)[C@H]3c2cccc(F)c2)cc1. The van der Waals surface area contributed by atoms with Gasteiger partial charge in [0.25, 0.3) is 0 Å². The van der Waals surface area contributed by atoms with Crippen LogP contribution in [0.1, 0.15) is 42.9 Å². The third kappa shape index (κ3) is 3.85. The molecule has 172 valence electrons. The van der Waals surface area contributed by atoms with Crippen LogP contribution in [0.5, 0.6) is 5.75 Å². The zero-order chi connectivity index (χ0) is 23.8. The van der Waals surface area contributed by atoms with Crippen molar-refractivity contribution < 1.29 is 18.7 Å². The Hall–Kier alpha value is -3.93. The van der Waals surface area contributed by atoms with Crippen LogP contribution in [0.2, 0.25) is 0 Å². The molecule has 2 atom stereocenters. The number of benzene rings is 3. The molecule has 0 saturated heterocycles.